The van der Waals surface area contributed by atoms with Gasteiger partial charge in [-0.3, -0.25) is 4.98 Å². The molecule has 0 radical (unpaired) electrons. The van der Waals surface area contributed by atoms with Crippen LogP contribution in [0.25, 0.3) is 21.7 Å². The van der Waals surface area contributed by atoms with Crippen LogP contribution in [0.15, 0.2) is 36.7 Å². The topological polar surface area (TPSA) is 62.7 Å². The zero-order valence-corrected chi connectivity index (χ0v) is 15.2. The largest absolute Gasteiger partial charge is 0.495 e. The average molecular weight is 358 g/mol. The molecule has 0 saturated heterocycles. The maximum atomic E-state index is 5.44. The van der Waals surface area contributed by atoms with E-state index in [9.17, 15) is 0 Å². The molecule has 0 aliphatic rings. The molecule has 2 heterocycles. The minimum Gasteiger partial charge on any atom is -0.495 e. The summed E-state index contributed by atoms with van der Waals surface area (Å²) in [5, 5.41) is 0. The molecule has 1 aromatic carbocycles. The fraction of sp³-hybridized carbons (Fsp3) is 0.222. The van der Waals surface area contributed by atoms with Gasteiger partial charge in [0.15, 0.2) is 11.5 Å². The van der Waals surface area contributed by atoms with E-state index in [-0.39, 0.29) is 0 Å². The van der Waals surface area contributed by atoms with Gasteiger partial charge in [-0.15, -0.1) is 0 Å². The Hall–Kier alpha value is -2.80. The third kappa shape index (κ3) is 3.23. The van der Waals surface area contributed by atoms with Gasteiger partial charge in [0.05, 0.1) is 51.4 Å². The molecule has 130 valence electrons. The highest BCUT2D eigenvalue weighted by Gasteiger charge is 2.18. The minimum atomic E-state index is 0.558. The van der Waals surface area contributed by atoms with Crippen molar-refractivity contribution in [1.82, 2.24) is 9.36 Å². The number of pyridine rings is 1. The van der Waals surface area contributed by atoms with E-state index in [2.05, 4.69) is 9.36 Å². The first-order chi connectivity index (χ1) is 12.2. The van der Waals surface area contributed by atoms with Crippen LogP contribution in [0.1, 0.15) is 0 Å². The second-order valence-electron chi connectivity index (χ2n) is 5.07. The lowest BCUT2D eigenvalue weighted by Crippen LogP contribution is -1.95. The monoisotopic (exact) mass is 358 g/mol. The average Bonchev–Trinajstić information content (AvgIpc) is 3.16. The molecule has 0 bridgehead atoms. The van der Waals surface area contributed by atoms with Crippen molar-refractivity contribution in [2.24, 2.45) is 0 Å². The molecule has 3 aromatic rings. The van der Waals surface area contributed by atoms with Crippen molar-refractivity contribution >= 4 is 11.5 Å². The highest BCUT2D eigenvalue weighted by molar-refractivity contribution is 7.10. The fourth-order valence-electron chi connectivity index (χ4n) is 2.50. The number of ether oxygens (including phenoxy) is 4. The van der Waals surface area contributed by atoms with Crippen molar-refractivity contribution in [2.75, 3.05) is 28.4 Å². The van der Waals surface area contributed by atoms with Crippen molar-refractivity contribution in [3.63, 3.8) is 0 Å². The zero-order valence-electron chi connectivity index (χ0n) is 14.4. The van der Waals surface area contributed by atoms with Gasteiger partial charge in [-0.2, -0.15) is 4.37 Å². The van der Waals surface area contributed by atoms with Crippen LogP contribution >= 0.6 is 11.5 Å². The molecule has 2 aromatic heterocycles. The van der Waals surface area contributed by atoms with Gasteiger partial charge < -0.3 is 18.9 Å². The van der Waals surface area contributed by atoms with Gasteiger partial charge in [0.25, 0.3) is 0 Å². The summed E-state index contributed by atoms with van der Waals surface area (Å²) in [6.07, 6.45) is 3.49. The summed E-state index contributed by atoms with van der Waals surface area (Å²) in [6, 6.07) is 7.59. The van der Waals surface area contributed by atoms with Gasteiger partial charge in [-0.05, 0) is 35.8 Å². The molecule has 0 atom stereocenters. The van der Waals surface area contributed by atoms with Crippen molar-refractivity contribution in [2.45, 2.75) is 0 Å². The Morgan fingerprint density at radius 2 is 1.56 bits per heavy atom. The molecule has 6 nitrogen and oxygen atoms in total. The molecule has 25 heavy (non-hydrogen) atoms. The van der Waals surface area contributed by atoms with Gasteiger partial charge in [-0.25, -0.2) is 0 Å². The van der Waals surface area contributed by atoms with Crippen molar-refractivity contribution in [3.05, 3.63) is 36.7 Å². The van der Waals surface area contributed by atoms with E-state index in [1.54, 1.807) is 40.8 Å². The Morgan fingerprint density at radius 1 is 0.840 bits per heavy atom. The van der Waals surface area contributed by atoms with Crippen LogP contribution in [-0.2, 0) is 0 Å². The van der Waals surface area contributed by atoms with E-state index >= 15 is 0 Å². The summed E-state index contributed by atoms with van der Waals surface area (Å²) in [5.41, 5.74) is 2.67. The Balaban J connectivity index is 2.10. The quantitative estimate of drug-likeness (QED) is 0.666. The van der Waals surface area contributed by atoms with Crippen LogP contribution in [-0.4, -0.2) is 37.8 Å². The first-order valence-corrected chi connectivity index (χ1v) is 8.24. The van der Waals surface area contributed by atoms with E-state index in [0.717, 1.165) is 21.7 Å². The molecule has 0 amide bonds. The predicted octanol–water partition coefficient (Wildman–Crippen LogP) is 3.91. The number of rotatable bonds is 6. The molecule has 0 saturated carbocycles. The fourth-order valence-corrected chi connectivity index (χ4v) is 3.25. The standard InChI is InChI=1S/C18H18N2O4S/c1-21-12-5-6-14(19-9-12)13-10-20-25-18(13)11-7-15(22-2)17(24-4)16(8-11)23-3/h5-10H,1-4H3. The van der Waals surface area contributed by atoms with Gasteiger partial charge in [0, 0.05) is 11.1 Å². The van der Waals surface area contributed by atoms with Crippen LogP contribution in [0, 0.1) is 0 Å². The highest BCUT2D eigenvalue weighted by Crippen LogP contribution is 2.44. The molecule has 3 rings (SSSR count). The van der Waals surface area contributed by atoms with Gasteiger partial charge >= 0.3 is 0 Å². The Morgan fingerprint density at radius 3 is 2.08 bits per heavy atom. The number of nitrogens with zero attached hydrogens (tertiary/aromatic N) is 2. The van der Waals surface area contributed by atoms with Crippen molar-refractivity contribution in [1.29, 1.82) is 0 Å². The summed E-state index contributed by atoms with van der Waals surface area (Å²) >= 11 is 1.39. The van der Waals surface area contributed by atoms with E-state index in [1.165, 1.54) is 11.5 Å². The zero-order chi connectivity index (χ0) is 17.8. The van der Waals surface area contributed by atoms with Gasteiger partial charge in [0.1, 0.15) is 5.75 Å². The van der Waals surface area contributed by atoms with Crippen LogP contribution in [0.3, 0.4) is 0 Å². The molecule has 0 aliphatic carbocycles. The number of hydrogen-bond donors (Lipinski definition) is 0. The van der Waals surface area contributed by atoms with Gasteiger partial charge in [-0.1, -0.05) is 0 Å². The SMILES string of the molecule is COc1ccc(-c2cnsc2-c2cc(OC)c(OC)c(OC)c2)nc1. The van der Waals surface area contributed by atoms with E-state index in [4.69, 9.17) is 18.9 Å². The lowest BCUT2D eigenvalue weighted by molar-refractivity contribution is 0.324. The molecule has 0 spiro atoms. The minimum absolute atomic E-state index is 0.558. The number of aromatic nitrogens is 2. The third-order valence-electron chi connectivity index (χ3n) is 3.75. The Kier molecular flexibility index (Phi) is 5.04. The summed E-state index contributed by atoms with van der Waals surface area (Å²) < 4.78 is 25.8. The third-order valence-corrected chi connectivity index (χ3v) is 4.59. The van der Waals surface area contributed by atoms with Crippen LogP contribution in [0.2, 0.25) is 0 Å². The maximum Gasteiger partial charge on any atom is 0.203 e. The van der Waals surface area contributed by atoms with Crippen LogP contribution in [0.5, 0.6) is 23.0 Å². The number of benzene rings is 1. The second-order valence-corrected chi connectivity index (χ2v) is 5.87. The molecular weight excluding hydrogens is 340 g/mol. The molecule has 0 fully saturated rings. The lowest BCUT2D eigenvalue weighted by atomic mass is 10.1. The first-order valence-electron chi connectivity index (χ1n) is 7.47. The molecule has 7 heteroatoms. The van der Waals surface area contributed by atoms with Crippen LogP contribution in [0.4, 0.5) is 0 Å². The molecule has 0 aliphatic heterocycles. The van der Waals surface area contributed by atoms with Crippen molar-refractivity contribution in [3.8, 4) is 44.7 Å². The summed E-state index contributed by atoms with van der Waals surface area (Å²) in [7, 11) is 6.39. The van der Waals surface area contributed by atoms with E-state index < -0.39 is 0 Å². The van der Waals surface area contributed by atoms with E-state index in [1.807, 2.05) is 24.3 Å². The number of methoxy groups -OCH3 is 4. The van der Waals surface area contributed by atoms with Crippen molar-refractivity contribution < 1.29 is 18.9 Å². The Labute approximate surface area is 150 Å². The molecule has 0 N–H and O–H groups in total. The summed E-state index contributed by atoms with van der Waals surface area (Å²) in [6.45, 7) is 0. The molecular formula is C18H18N2O4S. The second kappa shape index (κ2) is 7.40. The number of hydrogen-bond acceptors (Lipinski definition) is 7. The maximum absolute atomic E-state index is 5.44. The Bertz CT molecular complexity index is 837. The summed E-state index contributed by atoms with van der Waals surface area (Å²) in [4.78, 5) is 5.42. The lowest BCUT2D eigenvalue weighted by Gasteiger charge is -2.14. The van der Waals surface area contributed by atoms with Crippen LogP contribution < -0.4 is 18.9 Å². The van der Waals surface area contributed by atoms with Gasteiger partial charge in [0.2, 0.25) is 5.75 Å². The summed E-state index contributed by atoms with van der Waals surface area (Å²) in [5.74, 6) is 2.46. The predicted molar refractivity (Wildman–Crippen MR) is 97.0 cm³/mol. The highest BCUT2D eigenvalue weighted by atomic mass is 32.1. The first kappa shape index (κ1) is 17.0. The smallest absolute Gasteiger partial charge is 0.203 e. The molecule has 0 unspecified atom stereocenters. The van der Waals surface area contributed by atoms with E-state index in [0.29, 0.717) is 23.0 Å². The normalized spacial score (nSPS) is 10.4.